The minimum absolute atomic E-state index is 0.0289. The van der Waals surface area contributed by atoms with Crippen LogP contribution in [-0.2, 0) is 20.7 Å². The second kappa shape index (κ2) is 8.09. The Bertz CT molecular complexity index is 957. The molecule has 0 unspecified atom stereocenters. The van der Waals surface area contributed by atoms with E-state index in [2.05, 4.69) is 10.3 Å². The molecule has 3 heterocycles. The average Bonchev–Trinajstić information content (AvgIpc) is 3.21. The summed E-state index contributed by atoms with van der Waals surface area (Å²) in [5, 5.41) is 8.06. The van der Waals surface area contributed by atoms with Crippen LogP contribution in [0.3, 0.4) is 0 Å². The van der Waals surface area contributed by atoms with Gasteiger partial charge in [-0.3, -0.25) is 0 Å². The first-order valence-electron chi connectivity index (χ1n) is 10.2. The number of carbonyl (C=O) groups excluding carboxylic acids is 1. The number of carbonyl (C=O) groups is 1. The van der Waals surface area contributed by atoms with Gasteiger partial charge in [-0.25, -0.2) is 13.9 Å². The Morgan fingerprint density at radius 3 is 2.52 bits per heavy atom. The highest BCUT2D eigenvalue weighted by Crippen LogP contribution is 2.39. The minimum atomic E-state index is -1.08. The molecule has 2 saturated heterocycles. The van der Waals surface area contributed by atoms with Gasteiger partial charge in [0.1, 0.15) is 18.0 Å². The molecule has 164 valence electrons. The molecule has 1 aromatic heterocycles. The Morgan fingerprint density at radius 1 is 1.23 bits per heavy atom. The number of aromatic nitrogens is 3. The van der Waals surface area contributed by atoms with E-state index in [9.17, 15) is 9.18 Å². The van der Waals surface area contributed by atoms with Crippen LogP contribution in [0.15, 0.2) is 42.3 Å². The van der Waals surface area contributed by atoms with Crippen molar-refractivity contribution in [3.8, 4) is 0 Å². The van der Waals surface area contributed by atoms with E-state index < -0.39 is 24.0 Å². The number of likely N-dealkylation sites (tertiary alicyclic amines) is 1. The van der Waals surface area contributed by atoms with Gasteiger partial charge in [-0.05, 0) is 39.3 Å². The summed E-state index contributed by atoms with van der Waals surface area (Å²) in [6.45, 7) is 8.61. The molecule has 0 bridgehead atoms. The molecule has 10 heteroatoms. The van der Waals surface area contributed by atoms with Crippen LogP contribution in [0.2, 0.25) is 0 Å². The summed E-state index contributed by atoms with van der Waals surface area (Å²) in [6, 6.07) is 9.48. The lowest BCUT2D eigenvalue weighted by Crippen LogP contribution is -2.51. The van der Waals surface area contributed by atoms with Gasteiger partial charge in [-0.15, -0.1) is 5.10 Å². The summed E-state index contributed by atoms with van der Waals surface area (Å²) in [6.07, 6.45) is 2.53. The fourth-order valence-corrected chi connectivity index (χ4v) is 3.28. The molecule has 2 fully saturated rings. The topological polar surface area (TPSA) is 78.7 Å². The quantitative estimate of drug-likeness (QED) is 0.680. The fraction of sp³-hybridized carbons (Fsp3) is 0.476. The van der Waals surface area contributed by atoms with Crippen molar-refractivity contribution in [2.75, 3.05) is 13.1 Å². The molecule has 1 amide bonds. The maximum Gasteiger partial charge on any atom is 0.525 e. The monoisotopic (exact) mass is 428 g/mol. The van der Waals surface area contributed by atoms with Gasteiger partial charge in [0.15, 0.2) is 0 Å². The van der Waals surface area contributed by atoms with Gasteiger partial charge in [0.25, 0.3) is 0 Å². The predicted molar refractivity (Wildman–Crippen MR) is 112 cm³/mol. The first kappa shape index (κ1) is 21.5. The van der Waals surface area contributed by atoms with Crippen molar-refractivity contribution >= 4 is 19.3 Å². The van der Waals surface area contributed by atoms with Crippen molar-refractivity contribution in [1.82, 2.24) is 19.9 Å². The van der Waals surface area contributed by atoms with E-state index in [1.165, 1.54) is 6.08 Å². The predicted octanol–water partition coefficient (Wildman–Crippen LogP) is 3.41. The Morgan fingerprint density at radius 2 is 1.87 bits per heavy atom. The molecular formula is C21H26BFN4O4. The van der Waals surface area contributed by atoms with Crippen LogP contribution in [0.1, 0.15) is 45.0 Å². The fourth-order valence-electron chi connectivity index (χ4n) is 3.28. The van der Waals surface area contributed by atoms with Crippen molar-refractivity contribution in [3.05, 3.63) is 53.5 Å². The zero-order valence-corrected chi connectivity index (χ0v) is 18.1. The highest BCUT2D eigenvalue weighted by atomic mass is 19.1. The Labute approximate surface area is 181 Å². The SMILES string of the molecule is CC1(C)OB(C(F)=Cc2cn(C3CN(C(=O)OCc4ccccc4)C3)nn2)OC1(C)C. The molecule has 0 radical (unpaired) electrons. The van der Waals surface area contributed by atoms with Crippen LogP contribution < -0.4 is 0 Å². The van der Waals surface area contributed by atoms with E-state index in [4.69, 9.17) is 14.0 Å². The third-order valence-corrected chi connectivity index (χ3v) is 5.99. The van der Waals surface area contributed by atoms with Crippen molar-refractivity contribution in [2.24, 2.45) is 0 Å². The summed E-state index contributed by atoms with van der Waals surface area (Å²) in [5.41, 5.74) is -0.511. The molecule has 2 aromatic rings. The van der Waals surface area contributed by atoms with E-state index in [1.807, 2.05) is 58.0 Å². The maximum atomic E-state index is 14.6. The van der Waals surface area contributed by atoms with Gasteiger partial charge < -0.3 is 18.9 Å². The molecule has 4 rings (SSSR count). The third kappa shape index (κ3) is 4.50. The number of halogens is 1. The molecule has 0 spiro atoms. The smallest absolute Gasteiger partial charge is 0.445 e. The summed E-state index contributed by atoms with van der Waals surface area (Å²) in [5.74, 6) is 0. The first-order valence-corrected chi connectivity index (χ1v) is 10.2. The number of amides is 1. The first-order chi connectivity index (χ1) is 14.6. The number of benzene rings is 1. The summed E-state index contributed by atoms with van der Waals surface area (Å²) in [7, 11) is -1.08. The van der Waals surface area contributed by atoms with Crippen molar-refractivity contribution in [2.45, 2.75) is 51.5 Å². The van der Waals surface area contributed by atoms with Gasteiger partial charge in [0.2, 0.25) is 0 Å². The van der Waals surface area contributed by atoms with Crippen LogP contribution in [0.25, 0.3) is 6.08 Å². The standard InChI is InChI=1S/C21H26BFN4O4/c1-20(2)21(3,4)31-22(30-20)18(23)10-16-11-27(25-24-16)17-12-26(13-17)19(28)29-14-15-8-6-5-7-9-15/h5-11,17H,12-14H2,1-4H3. The molecule has 0 atom stereocenters. The largest absolute Gasteiger partial charge is 0.525 e. The molecule has 0 aliphatic carbocycles. The molecule has 2 aliphatic heterocycles. The van der Waals surface area contributed by atoms with Crippen molar-refractivity contribution in [3.63, 3.8) is 0 Å². The Hall–Kier alpha value is -2.72. The molecule has 0 N–H and O–H groups in total. The molecular weight excluding hydrogens is 402 g/mol. The third-order valence-electron chi connectivity index (χ3n) is 5.99. The zero-order valence-electron chi connectivity index (χ0n) is 18.1. The van der Waals surface area contributed by atoms with Crippen molar-refractivity contribution in [1.29, 1.82) is 0 Å². The summed E-state index contributed by atoms with van der Waals surface area (Å²) < 4.78 is 33.0. The number of ether oxygens (including phenoxy) is 1. The highest BCUT2D eigenvalue weighted by Gasteiger charge is 2.53. The highest BCUT2D eigenvalue weighted by molar-refractivity contribution is 6.54. The van der Waals surface area contributed by atoms with Crippen LogP contribution >= 0.6 is 0 Å². The van der Waals surface area contributed by atoms with E-state index in [1.54, 1.807) is 15.8 Å². The maximum absolute atomic E-state index is 14.6. The number of hydrogen-bond acceptors (Lipinski definition) is 6. The van der Waals surface area contributed by atoms with Crippen LogP contribution in [0.4, 0.5) is 9.18 Å². The van der Waals surface area contributed by atoms with E-state index in [-0.39, 0.29) is 18.7 Å². The van der Waals surface area contributed by atoms with Gasteiger partial charge >= 0.3 is 13.2 Å². The average molecular weight is 428 g/mol. The number of hydrogen-bond donors (Lipinski definition) is 0. The second-order valence-corrected chi connectivity index (χ2v) is 8.84. The summed E-state index contributed by atoms with van der Waals surface area (Å²) in [4.78, 5) is 13.7. The van der Waals surface area contributed by atoms with Crippen LogP contribution in [-0.4, -0.2) is 57.4 Å². The number of rotatable bonds is 5. The minimum Gasteiger partial charge on any atom is -0.445 e. The Balaban J connectivity index is 1.29. The molecule has 1 aromatic carbocycles. The van der Waals surface area contributed by atoms with Gasteiger partial charge in [-0.2, -0.15) is 0 Å². The van der Waals surface area contributed by atoms with Gasteiger partial charge in [0.05, 0.1) is 23.4 Å². The zero-order chi connectivity index (χ0) is 22.2. The van der Waals surface area contributed by atoms with E-state index in [0.29, 0.717) is 18.8 Å². The molecule has 0 saturated carbocycles. The lowest BCUT2D eigenvalue weighted by atomic mass is 9.87. The lowest BCUT2D eigenvalue weighted by Gasteiger charge is -2.37. The number of nitrogens with zero attached hydrogens (tertiary/aromatic N) is 4. The van der Waals surface area contributed by atoms with Crippen LogP contribution in [0.5, 0.6) is 0 Å². The summed E-state index contributed by atoms with van der Waals surface area (Å²) >= 11 is 0. The molecule has 31 heavy (non-hydrogen) atoms. The van der Waals surface area contributed by atoms with Crippen LogP contribution in [0, 0.1) is 0 Å². The van der Waals surface area contributed by atoms with E-state index >= 15 is 0 Å². The van der Waals surface area contributed by atoms with Crippen molar-refractivity contribution < 1.29 is 23.2 Å². The Kier molecular flexibility index (Phi) is 5.61. The molecule has 2 aliphatic rings. The van der Waals surface area contributed by atoms with Gasteiger partial charge in [0, 0.05) is 13.1 Å². The van der Waals surface area contributed by atoms with Gasteiger partial charge in [-0.1, -0.05) is 35.5 Å². The second-order valence-electron chi connectivity index (χ2n) is 8.84. The van der Waals surface area contributed by atoms with E-state index in [0.717, 1.165) is 5.56 Å². The molecule has 8 nitrogen and oxygen atoms in total. The lowest BCUT2D eigenvalue weighted by molar-refractivity contribution is 0.00578. The normalized spacial score (nSPS) is 20.6.